The van der Waals surface area contributed by atoms with Gasteiger partial charge in [-0.05, 0) is 40.5 Å². The standard InChI is InChI=1S/C15H28O2/c1-7-9-12-16-13(3,4)15(6)11-10-14(5,8-2)17-15/h10-11H,7-9,12H2,1-6H3. The summed E-state index contributed by atoms with van der Waals surface area (Å²) < 4.78 is 12.3. The summed E-state index contributed by atoms with van der Waals surface area (Å²) in [6, 6.07) is 0. The molecule has 0 aromatic rings. The molecular formula is C15H28O2. The van der Waals surface area contributed by atoms with E-state index in [1.165, 1.54) is 0 Å². The van der Waals surface area contributed by atoms with E-state index in [9.17, 15) is 0 Å². The summed E-state index contributed by atoms with van der Waals surface area (Å²) in [6.45, 7) is 13.6. The van der Waals surface area contributed by atoms with Crippen molar-refractivity contribution >= 4 is 0 Å². The van der Waals surface area contributed by atoms with Gasteiger partial charge >= 0.3 is 0 Å². The third-order valence-electron chi connectivity index (χ3n) is 4.06. The third-order valence-corrected chi connectivity index (χ3v) is 4.06. The summed E-state index contributed by atoms with van der Waals surface area (Å²) in [5.41, 5.74) is -0.753. The van der Waals surface area contributed by atoms with Gasteiger partial charge in [0.15, 0.2) is 0 Å². The van der Waals surface area contributed by atoms with Crippen molar-refractivity contribution in [2.75, 3.05) is 6.61 Å². The molecule has 0 aliphatic carbocycles. The highest BCUT2D eigenvalue weighted by atomic mass is 16.6. The van der Waals surface area contributed by atoms with Gasteiger partial charge in [0.1, 0.15) is 5.60 Å². The number of ether oxygens (including phenoxy) is 2. The van der Waals surface area contributed by atoms with Crippen LogP contribution in [0.4, 0.5) is 0 Å². The van der Waals surface area contributed by atoms with E-state index in [0.29, 0.717) is 0 Å². The summed E-state index contributed by atoms with van der Waals surface area (Å²) in [4.78, 5) is 0. The molecule has 2 atom stereocenters. The Balaban J connectivity index is 2.68. The zero-order valence-corrected chi connectivity index (χ0v) is 12.3. The molecule has 2 nitrogen and oxygen atoms in total. The van der Waals surface area contributed by atoms with Crippen LogP contribution < -0.4 is 0 Å². The average molecular weight is 240 g/mol. The van der Waals surface area contributed by atoms with E-state index in [1.807, 2.05) is 0 Å². The monoisotopic (exact) mass is 240 g/mol. The molecule has 0 saturated heterocycles. The summed E-state index contributed by atoms with van der Waals surface area (Å²) >= 11 is 0. The van der Waals surface area contributed by atoms with E-state index < -0.39 is 0 Å². The highest BCUT2D eigenvalue weighted by molar-refractivity contribution is 5.20. The fourth-order valence-corrected chi connectivity index (χ4v) is 2.02. The van der Waals surface area contributed by atoms with Crippen LogP contribution in [-0.4, -0.2) is 23.4 Å². The Morgan fingerprint density at radius 2 is 1.82 bits per heavy atom. The normalized spacial score (nSPS) is 33.3. The van der Waals surface area contributed by atoms with Crippen molar-refractivity contribution in [2.45, 2.75) is 77.6 Å². The molecule has 0 aromatic carbocycles. The van der Waals surface area contributed by atoms with Crippen LogP contribution in [0, 0.1) is 0 Å². The van der Waals surface area contributed by atoms with E-state index in [2.05, 4.69) is 53.7 Å². The smallest absolute Gasteiger partial charge is 0.113 e. The highest BCUT2D eigenvalue weighted by Crippen LogP contribution is 2.41. The number of hydrogen-bond donors (Lipinski definition) is 0. The summed E-state index contributed by atoms with van der Waals surface area (Å²) in [5, 5.41) is 0. The van der Waals surface area contributed by atoms with Gasteiger partial charge in [0.05, 0.1) is 11.2 Å². The highest BCUT2D eigenvalue weighted by Gasteiger charge is 2.48. The van der Waals surface area contributed by atoms with Crippen molar-refractivity contribution in [2.24, 2.45) is 0 Å². The van der Waals surface area contributed by atoms with Gasteiger partial charge in [-0.15, -0.1) is 0 Å². The lowest BCUT2D eigenvalue weighted by atomic mass is 9.87. The Hall–Kier alpha value is -0.340. The predicted octanol–water partition coefficient (Wildman–Crippen LogP) is 4.10. The maximum Gasteiger partial charge on any atom is 0.113 e. The second-order valence-electron chi connectivity index (χ2n) is 5.92. The van der Waals surface area contributed by atoms with E-state index >= 15 is 0 Å². The SMILES string of the molecule is CCCCOC(C)(C)C1(C)C=CC(C)(CC)O1. The molecule has 0 bridgehead atoms. The van der Waals surface area contributed by atoms with E-state index in [1.54, 1.807) is 0 Å². The largest absolute Gasteiger partial charge is 0.372 e. The second-order valence-corrected chi connectivity index (χ2v) is 5.92. The van der Waals surface area contributed by atoms with E-state index in [4.69, 9.17) is 9.47 Å². The molecule has 0 saturated carbocycles. The van der Waals surface area contributed by atoms with Crippen LogP contribution in [-0.2, 0) is 9.47 Å². The second kappa shape index (κ2) is 5.11. The molecule has 1 aliphatic rings. The van der Waals surface area contributed by atoms with Crippen molar-refractivity contribution in [1.29, 1.82) is 0 Å². The van der Waals surface area contributed by atoms with Gasteiger partial charge in [-0.25, -0.2) is 0 Å². The lowest BCUT2D eigenvalue weighted by Crippen LogP contribution is -2.51. The van der Waals surface area contributed by atoms with Crippen LogP contribution in [0.15, 0.2) is 12.2 Å². The molecule has 2 unspecified atom stereocenters. The lowest BCUT2D eigenvalue weighted by Gasteiger charge is -2.42. The minimum Gasteiger partial charge on any atom is -0.372 e. The van der Waals surface area contributed by atoms with Crippen molar-refractivity contribution in [3.8, 4) is 0 Å². The number of unbranched alkanes of at least 4 members (excludes halogenated alkanes) is 1. The lowest BCUT2D eigenvalue weighted by molar-refractivity contribution is -0.187. The first-order valence-electron chi connectivity index (χ1n) is 6.83. The predicted molar refractivity (Wildman–Crippen MR) is 72.3 cm³/mol. The molecular weight excluding hydrogens is 212 g/mol. The topological polar surface area (TPSA) is 18.5 Å². The Labute approximate surface area is 106 Å². The van der Waals surface area contributed by atoms with E-state index in [-0.39, 0.29) is 16.8 Å². The minimum atomic E-state index is -0.328. The van der Waals surface area contributed by atoms with Crippen LogP contribution in [0.5, 0.6) is 0 Å². The van der Waals surface area contributed by atoms with Gasteiger partial charge in [-0.2, -0.15) is 0 Å². The molecule has 2 heteroatoms. The molecule has 100 valence electrons. The Kier molecular flexibility index (Phi) is 4.43. The quantitative estimate of drug-likeness (QED) is 0.514. The zero-order valence-electron chi connectivity index (χ0n) is 12.3. The molecule has 0 fully saturated rings. The summed E-state index contributed by atoms with van der Waals surface area (Å²) in [5.74, 6) is 0. The fraction of sp³-hybridized carbons (Fsp3) is 0.867. The molecule has 0 spiro atoms. The third kappa shape index (κ3) is 3.11. The summed E-state index contributed by atoms with van der Waals surface area (Å²) in [7, 11) is 0. The van der Waals surface area contributed by atoms with Gasteiger partial charge in [-0.3, -0.25) is 0 Å². The van der Waals surface area contributed by atoms with Gasteiger partial charge < -0.3 is 9.47 Å². The maximum atomic E-state index is 6.24. The fourth-order valence-electron chi connectivity index (χ4n) is 2.02. The first-order chi connectivity index (χ1) is 7.79. The Morgan fingerprint density at radius 3 is 2.29 bits per heavy atom. The van der Waals surface area contributed by atoms with Crippen LogP contribution in [0.3, 0.4) is 0 Å². The molecule has 1 rings (SSSR count). The zero-order chi connectivity index (χ0) is 13.2. The molecule has 0 N–H and O–H groups in total. The van der Waals surface area contributed by atoms with Gasteiger partial charge in [0.2, 0.25) is 0 Å². The van der Waals surface area contributed by atoms with Crippen LogP contribution in [0.25, 0.3) is 0 Å². The van der Waals surface area contributed by atoms with Crippen LogP contribution in [0.2, 0.25) is 0 Å². The number of hydrogen-bond acceptors (Lipinski definition) is 2. The van der Waals surface area contributed by atoms with Gasteiger partial charge in [-0.1, -0.05) is 32.4 Å². The Morgan fingerprint density at radius 1 is 1.18 bits per heavy atom. The average Bonchev–Trinajstić information content (AvgIpc) is 2.58. The molecule has 1 aliphatic heterocycles. The van der Waals surface area contributed by atoms with Gasteiger partial charge in [0.25, 0.3) is 0 Å². The maximum absolute atomic E-state index is 6.24. The molecule has 0 amide bonds. The van der Waals surface area contributed by atoms with Crippen molar-refractivity contribution in [3.05, 3.63) is 12.2 Å². The first kappa shape index (κ1) is 14.7. The minimum absolute atomic E-state index is 0.139. The molecule has 0 aromatic heterocycles. The van der Waals surface area contributed by atoms with Crippen molar-refractivity contribution in [1.82, 2.24) is 0 Å². The molecule has 17 heavy (non-hydrogen) atoms. The van der Waals surface area contributed by atoms with Crippen molar-refractivity contribution in [3.63, 3.8) is 0 Å². The van der Waals surface area contributed by atoms with Crippen LogP contribution in [0.1, 0.15) is 60.8 Å². The first-order valence-corrected chi connectivity index (χ1v) is 6.83. The molecule has 0 radical (unpaired) electrons. The molecule has 1 heterocycles. The van der Waals surface area contributed by atoms with Gasteiger partial charge in [0, 0.05) is 6.61 Å². The van der Waals surface area contributed by atoms with E-state index in [0.717, 1.165) is 25.9 Å². The summed E-state index contributed by atoms with van der Waals surface area (Å²) in [6.07, 6.45) is 7.61. The van der Waals surface area contributed by atoms with Crippen molar-refractivity contribution < 1.29 is 9.47 Å². The number of rotatable bonds is 6. The van der Waals surface area contributed by atoms with Crippen LogP contribution >= 0.6 is 0 Å². The Bertz CT molecular complexity index is 283.